The van der Waals surface area contributed by atoms with Gasteiger partial charge in [0.25, 0.3) is 0 Å². The molecule has 1 heterocycles. The number of aryl methyl sites for hydroxylation is 1. The fraction of sp³-hybridized carbons (Fsp3) is 0.667. The Morgan fingerprint density at radius 3 is 3.00 bits per heavy atom. The van der Waals surface area contributed by atoms with Gasteiger partial charge in [0.2, 0.25) is 0 Å². The van der Waals surface area contributed by atoms with Gasteiger partial charge in [0, 0.05) is 17.4 Å². The van der Waals surface area contributed by atoms with Crippen molar-refractivity contribution >= 4 is 29.2 Å². The van der Waals surface area contributed by atoms with Gasteiger partial charge in [-0.05, 0) is 25.5 Å². The maximum Gasteiger partial charge on any atom is 0.134 e. The molecule has 17 heavy (non-hydrogen) atoms. The zero-order chi connectivity index (χ0) is 12.3. The van der Waals surface area contributed by atoms with Crippen LogP contribution < -0.4 is 5.32 Å². The molecule has 94 valence electrons. The summed E-state index contributed by atoms with van der Waals surface area (Å²) in [4.78, 5) is 8.45. The Kier molecular flexibility index (Phi) is 4.51. The van der Waals surface area contributed by atoms with Crippen LogP contribution in [0.25, 0.3) is 0 Å². The molecule has 0 spiro atoms. The van der Waals surface area contributed by atoms with Crippen LogP contribution in [-0.2, 0) is 0 Å². The summed E-state index contributed by atoms with van der Waals surface area (Å²) < 4.78 is 0. The minimum atomic E-state index is 0.512. The van der Waals surface area contributed by atoms with E-state index in [1.807, 2.05) is 18.7 Å². The van der Waals surface area contributed by atoms with Crippen LogP contribution in [0.4, 0.5) is 5.82 Å². The fourth-order valence-corrected chi connectivity index (χ4v) is 3.72. The topological polar surface area (TPSA) is 37.8 Å². The first-order chi connectivity index (χ1) is 8.19. The summed E-state index contributed by atoms with van der Waals surface area (Å²) in [5.74, 6) is 2.75. The average Bonchev–Trinajstić information content (AvgIpc) is 2.65. The lowest BCUT2D eigenvalue weighted by molar-refractivity contribution is 0.760. The lowest BCUT2D eigenvalue weighted by Crippen LogP contribution is -2.26. The molecule has 0 bridgehead atoms. The van der Waals surface area contributed by atoms with Gasteiger partial charge in [0.1, 0.15) is 16.8 Å². The third kappa shape index (κ3) is 3.49. The Labute approximate surface area is 112 Å². The van der Waals surface area contributed by atoms with E-state index in [1.54, 1.807) is 6.07 Å². The molecule has 2 unspecified atom stereocenters. The van der Waals surface area contributed by atoms with Crippen LogP contribution in [0, 0.1) is 6.92 Å². The Morgan fingerprint density at radius 2 is 2.29 bits per heavy atom. The Balaban J connectivity index is 2.04. The Hall–Kier alpha value is -0.480. The normalized spacial score (nSPS) is 23.9. The van der Waals surface area contributed by atoms with E-state index < -0.39 is 0 Å². The molecule has 1 N–H and O–H groups in total. The maximum absolute atomic E-state index is 5.94. The molecule has 1 aliphatic carbocycles. The van der Waals surface area contributed by atoms with Gasteiger partial charge in [-0.2, -0.15) is 11.8 Å². The predicted molar refractivity (Wildman–Crippen MR) is 75.0 cm³/mol. The largest absolute Gasteiger partial charge is 0.366 e. The van der Waals surface area contributed by atoms with Crippen LogP contribution in [0.3, 0.4) is 0 Å². The molecular formula is C12H18ClN3S. The quantitative estimate of drug-likeness (QED) is 0.851. The lowest BCUT2D eigenvalue weighted by Gasteiger charge is -2.20. The second-order valence-electron chi connectivity index (χ2n) is 4.30. The van der Waals surface area contributed by atoms with Crippen LogP contribution in [-0.4, -0.2) is 27.0 Å². The summed E-state index contributed by atoms with van der Waals surface area (Å²) >= 11 is 7.97. The molecular weight excluding hydrogens is 254 g/mol. The van der Waals surface area contributed by atoms with Gasteiger partial charge in [0.05, 0.1) is 0 Å². The minimum absolute atomic E-state index is 0.512. The summed E-state index contributed by atoms with van der Waals surface area (Å²) in [6, 6.07) is 2.32. The van der Waals surface area contributed by atoms with E-state index in [0.29, 0.717) is 16.4 Å². The highest BCUT2D eigenvalue weighted by Crippen LogP contribution is 2.31. The maximum atomic E-state index is 5.94. The Morgan fingerprint density at radius 1 is 1.47 bits per heavy atom. The molecule has 1 aromatic rings. The number of nitrogens with one attached hydrogen (secondary N) is 1. The second-order valence-corrected chi connectivity index (χ2v) is 6.20. The van der Waals surface area contributed by atoms with E-state index in [9.17, 15) is 0 Å². The van der Waals surface area contributed by atoms with Crippen LogP contribution >= 0.6 is 23.4 Å². The van der Waals surface area contributed by atoms with Gasteiger partial charge in [-0.1, -0.05) is 24.9 Å². The van der Waals surface area contributed by atoms with Gasteiger partial charge in [-0.15, -0.1) is 0 Å². The van der Waals surface area contributed by atoms with Crippen molar-refractivity contribution in [3.8, 4) is 0 Å². The van der Waals surface area contributed by atoms with Crippen LogP contribution in [0.2, 0.25) is 5.15 Å². The van der Waals surface area contributed by atoms with E-state index in [4.69, 9.17) is 11.6 Å². The highest BCUT2D eigenvalue weighted by Gasteiger charge is 2.27. The zero-order valence-electron chi connectivity index (χ0n) is 10.2. The summed E-state index contributed by atoms with van der Waals surface area (Å²) in [5.41, 5.74) is 0. The van der Waals surface area contributed by atoms with E-state index >= 15 is 0 Å². The smallest absolute Gasteiger partial charge is 0.134 e. The zero-order valence-corrected chi connectivity index (χ0v) is 11.8. The number of rotatable bonds is 4. The molecule has 1 saturated carbocycles. The first kappa shape index (κ1) is 13.0. The van der Waals surface area contributed by atoms with E-state index in [0.717, 1.165) is 11.6 Å². The molecule has 3 nitrogen and oxygen atoms in total. The number of thioether (sulfide) groups is 1. The molecule has 5 heteroatoms. The Bertz CT molecular complexity index is 366. The van der Waals surface area contributed by atoms with Gasteiger partial charge < -0.3 is 5.32 Å². The standard InChI is InChI=1S/C12H18ClN3S/c1-3-17-10-6-4-5-9(10)16-12-7-11(13)14-8(2)15-12/h7,9-10H,3-6H2,1-2H3,(H,14,15,16). The van der Waals surface area contributed by atoms with Crippen molar-refractivity contribution in [1.82, 2.24) is 9.97 Å². The average molecular weight is 272 g/mol. The SMILES string of the molecule is CCSC1CCCC1Nc1cc(Cl)nc(C)n1. The molecule has 1 aliphatic rings. The number of hydrogen-bond donors (Lipinski definition) is 1. The number of anilines is 1. The summed E-state index contributed by atoms with van der Waals surface area (Å²) in [5, 5.41) is 4.72. The lowest BCUT2D eigenvalue weighted by atomic mass is 10.2. The highest BCUT2D eigenvalue weighted by atomic mass is 35.5. The molecule has 0 aromatic carbocycles. The van der Waals surface area contributed by atoms with E-state index in [1.165, 1.54) is 25.0 Å². The highest BCUT2D eigenvalue weighted by molar-refractivity contribution is 7.99. The van der Waals surface area contributed by atoms with Gasteiger partial charge in [0.15, 0.2) is 0 Å². The van der Waals surface area contributed by atoms with Crippen LogP contribution in [0.5, 0.6) is 0 Å². The van der Waals surface area contributed by atoms with Crippen molar-refractivity contribution in [1.29, 1.82) is 0 Å². The van der Waals surface area contributed by atoms with Crippen molar-refractivity contribution in [3.05, 3.63) is 17.0 Å². The van der Waals surface area contributed by atoms with Crippen molar-refractivity contribution in [2.45, 2.75) is 44.4 Å². The molecule has 1 fully saturated rings. The third-order valence-electron chi connectivity index (χ3n) is 2.97. The molecule has 0 radical (unpaired) electrons. The predicted octanol–water partition coefficient (Wildman–Crippen LogP) is 3.52. The van der Waals surface area contributed by atoms with Gasteiger partial charge in [-0.25, -0.2) is 9.97 Å². The summed E-state index contributed by atoms with van der Waals surface area (Å²) in [7, 11) is 0. The van der Waals surface area contributed by atoms with Crippen molar-refractivity contribution < 1.29 is 0 Å². The molecule has 2 atom stereocenters. The van der Waals surface area contributed by atoms with E-state index in [2.05, 4.69) is 22.2 Å². The minimum Gasteiger partial charge on any atom is -0.366 e. The van der Waals surface area contributed by atoms with Crippen LogP contribution in [0.1, 0.15) is 32.0 Å². The molecule has 2 rings (SSSR count). The monoisotopic (exact) mass is 271 g/mol. The number of nitrogens with zero attached hydrogens (tertiary/aromatic N) is 2. The third-order valence-corrected chi connectivity index (χ3v) is 4.49. The number of hydrogen-bond acceptors (Lipinski definition) is 4. The summed E-state index contributed by atoms with van der Waals surface area (Å²) in [6.07, 6.45) is 3.82. The summed E-state index contributed by atoms with van der Waals surface area (Å²) in [6.45, 7) is 4.08. The molecule has 0 aliphatic heterocycles. The van der Waals surface area contributed by atoms with Crippen molar-refractivity contribution in [2.75, 3.05) is 11.1 Å². The number of aromatic nitrogens is 2. The van der Waals surface area contributed by atoms with Gasteiger partial charge >= 0.3 is 0 Å². The van der Waals surface area contributed by atoms with E-state index in [-0.39, 0.29) is 0 Å². The first-order valence-electron chi connectivity index (χ1n) is 6.08. The van der Waals surface area contributed by atoms with Gasteiger partial charge in [-0.3, -0.25) is 0 Å². The van der Waals surface area contributed by atoms with Crippen molar-refractivity contribution in [3.63, 3.8) is 0 Å². The second kappa shape index (κ2) is 5.91. The number of halogens is 1. The van der Waals surface area contributed by atoms with Crippen LogP contribution in [0.15, 0.2) is 6.07 Å². The molecule has 0 amide bonds. The molecule has 1 aromatic heterocycles. The first-order valence-corrected chi connectivity index (χ1v) is 7.51. The van der Waals surface area contributed by atoms with Crippen molar-refractivity contribution in [2.24, 2.45) is 0 Å². The fourth-order valence-electron chi connectivity index (χ4n) is 2.30. The molecule has 0 saturated heterocycles.